The maximum absolute atomic E-state index is 13.8. The molecule has 0 saturated carbocycles. The van der Waals surface area contributed by atoms with Gasteiger partial charge in [-0.15, -0.1) is 0 Å². The summed E-state index contributed by atoms with van der Waals surface area (Å²) in [5.74, 6) is -0.375. The van der Waals surface area contributed by atoms with Gasteiger partial charge in [0.15, 0.2) is 11.6 Å². The molecule has 0 unspecified atom stereocenters. The van der Waals surface area contributed by atoms with Gasteiger partial charge in [0.1, 0.15) is 5.75 Å². The van der Waals surface area contributed by atoms with Crippen LogP contribution in [0, 0.1) is 5.82 Å². The van der Waals surface area contributed by atoms with E-state index in [0.717, 1.165) is 4.47 Å². The van der Waals surface area contributed by atoms with Crippen LogP contribution in [0.2, 0.25) is 0 Å². The van der Waals surface area contributed by atoms with Crippen LogP contribution in [0.4, 0.5) is 4.39 Å². The summed E-state index contributed by atoms with van der Waals surface area (Å²) in [6.07, 6.45) is 0. The van der Waals surface area contributed by atoms with E-state index in [2.05, 4.69) is 15.9 Å². The molecule has 0 amide bonds. The molecule has 3 nitrogen and oxygen atoms in total. The highest BCUT2D eigenvalue weighted by molar-refractivity contribution is 9.10. The third-order valence-corrected chi connectivity index (χ3v) is 2.84. The lowest BCUT2D eigenvalue weighted by atomic mass is 9.80. The molecule has 0 aromatic heterocycles. The molecule has 2 N–H and O–H groups in total. The Kier molecular flexibility index (Phi) is 4.01. The zero-order valence-electron chi connectivity index (χ0n) is 9.18. The summed E-state index contributed by atoms with van der Waals surface area (Å²) in [5.41, 5.74) is -0.218. The minimum atomic E-state index is -1.86. The number of halogens is 2. The Morgan fingerprint density at radius 3 is 2.33 bits per heavy atom. The van der Waals surface area contributed by atoms with Crippen LogP contribution in [-0.2, 0) is 0 Å². The van der Waals surface area contributed by atoms with E-state index >= 15 is 0 Å². The first-order chi connectivity index (χ1) is 8.58. The summed E-state index contributed by atoms with van der Waals surface area (Å²) in [7, 11) is -1.86. The van der Waals surface area contributed by atoms with Crippen molar-refractivity contribution in [3.05, 3.63) is 52.8 Å². The predicted octanol–water partition coefficient (Wildman–Crippen LogP) is 2.06. The molecule has 0 bridgehead atoms. The topological polar surface area (TPSA) is 49.7 Å². The zero-order valence-corrected chi connectivity index (χ0v) is 10.8. The molecule has 2 aromatic rings. The lowest BCUT2D eigenvalue weighted by Gasteiger charge is -2.09. The van der Waals surface area contributed by atoms with Crippen molar-refractivity contribution in [1.82, 2.24) is 0 Å². The molecule has 2 rings (SSSR count). The molecule has 0 aliphatic rings. The summed E-state index contributed by atoms with van der Waals surface area (Å²) in [4.78, 5) is 0. The molecule has 18 heavy (non-hydrogen) atoms. The summed E-state index contributed by atoms with van der Waals surface area (Å²) >= 11 is 3.28. The number of benzene rings is 2. The Labute approximate surface area is 112 Å². The van der Waals surface area contributed by atoms with E-state index in [1.807, 2.05) is 0 Å². The van der Waals surface area contributed by atoms with Crippen LogP contribution in [-0.4, -0.2) is 17.2 Å². The van der Waals surface area contributed by atoms with Gasteiger partial charge in [-0.3, -0.25) is 0 Å². The third kappa shape index (κ3) is 2.90. The quantitative estimate of drug-likeness (QED) is 0.853. The van der Waals surface area contributed by atoms with Crippen molar-refractivity contribution in [1.29, 1.82) is 0 Å². The Balaban J connectivity index is 2.29. The fourth-order valence-electron chi connectivity index (χ4n) is 1.44. The average molecular weight is 311 g/mol. The fraction of sp³-hybridized carbons (Fsp3) is 0. The molecule has 0 atom stereocenters. The Hall–Kier alpha value is -1.37. The van der Waals surface area contributed by atoms with Crippen LogP contribution in [0.1, 0.15) is 0 Å². The van der Waals surface area contributed by atoms with Crippen molar-refractivity contribution >= 4 is 28.5 Å². The highest BCUT2D eigenvalue weighted by atomic mass is 79.9. The second kappa shape index (κ2) is 5.52. The molecule has 0 aliphatic carbocycles. The van der Waals surface area contributed by atoms with Crippen LogP contribution in [0.15, 0.2) is 46.9 Å². The highest BCUT2D eigenvalue weighted by Crippen LogP contribution is 2.24. The molecular formula is C12H9BBrFO3. The lowest BCUT2D eigenvalue weighted by Crippen LogP contribution is -2.32. The zero-order chi connectivity index (χ0) is 13.1. The maximum Gasteiger partial charge on any atom is 0.491 e. The van der Waals surface area contributed by atoms with E-state index in [4.69, 9.17) is 14.8 Å². The second-order valence-electron chi connectivity index (χ2n) is 3.59. The fourth-order valence-corrected chi connectivity index (χ4v) is 1.70. The van der Waals surface area contributed by atoms with Crippen LogP contribution in [0.3, 0.4) is 0 Å². The summed E-state index contributed by atoms with van der Waals surface area (Å²) in [6, 6.07) is 11.1. The number of rotatable bonds is 3. The van der Waals surface area contributed by atoms with Gasteiger partial charge in [0.25, 0.3) is 0 Å². The first-order valence-electron chi connectivity index (χ1n) is 5.16. The summed E-state index contributed by atoms with van der Waals surface area (Å²) in [6.45, 7) is 0. The number of hydrogen-bond acceptors (Lipinski definition) is 3. The van der Waals surface area contributed by atoms with Crippen molar-refractivity contribution in [3.8, 4) is 11.5 Å². The maximum atomic E-state index is 13.8. The molecule has 2 aromatic carbocycles. The van der Waals surface area contributed by atoms with Gasteiger partial charge in [0.05, 0.1) is 0 Å². The van der Waals surface area contributed by atoms with Gasteiger partial charge >= 0.3 is 7.12 Å². The predicted molar refractivity (Wildman–Crippen MR) is 70.4 cm³/mol. The molecule has 92 valence electrons. The van der Waals surface area contributed by atoms with Crippen LogP contribution in [0.25, 0.3) is 0 Å². The Morgan fingerprint density at radius 1 is 1.06 bits per heavy atom. The number of ether oxygens (including phenoxy) is 1. The SMILES string of the molecule is OB(O)c1cccc(Oc2ccc(Br)cc2)c1F. The minimum Gasteiger partial charge on any atom is -0.454 e. The molecular weight excluding hydrogens is 302 g/mol. The summed E-state index contributed by atoms with van der Waals surface area (Å²) < 4.78 is 20.1. The molecule has 0 radical (unpaired) electrons. The van der Waals surface area contributed by atoms with Gasteiger partial charge < -0.3 is 14.8 Å². The molecule has 0 saturated heterocycles. The molecule has 0 fully saturated rings. The van der Waals surface area contributed by atoms with Crippen LogP contribution < -0.4 is 10.2 Å². The Bertz CT molecular complexity index is 546. The Morgan fingerprint density at radius 2 is 1.72 bits per heavy atom. The highest BCUT2D eigenvalue weighted by Gasteiger charge is 2.19. The van der Waals surface area contributed by atoms with E-state index in [-0.39, 0.29) is 11.2 Å². The van der Waals surface area contributed by atoms with Gasteiger partial charge in [0.2, 0.25) is 0 Å². The van der Waals surface area contributed by atoms with Gasteiger partial charge in [-0.1, -0.05) is 28.1 Å². The van der Waals surface area contributed by atoms with E-state index in [9.17, 15) is 4.39 Å². The third-order valence-electron chi connectivity index (χ3n) is 2.31. The van der Waals surface area contributed by atoms with Crippen molar-refractivity contribution in [2.45, 2.75) is 0 Å². The van der Waals surface area contributed by atoms with Crippen molar-refractivity contribution in [3.63, 3.8) is 0 Å². The first-order valence-corrected chi connectivity index (χ1v) is 5.95. The van der Waals surface area contributed by atoms with E-state index < -0.39 is 12.9 Å². The van der Waals surface area contributed by atoms with Crippen molar-refractivity contribution in [2.24, 2.45) is 0 Å². The van der Waals surface area contributed by atoms with Gasteiger partial charge in [0, 0.05) is 9.94 Å². The van der Waals surface area contributed by atoms with E-state index in [0.29, 0.717) is 5.75 Å². The first kappa shape index (κ1) is 13.1. The average Bonchev–Trinajstić information content (AvgIpc) is 2.34. The number of hydrogen-bond donors (Lipinski definition) is 2. The van der Waals surface area contributed by atoms with Crippen LogP contribution >= 0.6 is 15.9 Å². The smallest absolute Gasteiger partial charge is 0.454 e. The minimum absolute atomic E-state index is 0.0528. The normalized spacial score (nSPS) is 10.2. The van der Waals surface area contributed by atoms with E-state index in [1.165, 1.54) is 18.2 Å². The molecule has 0 spiro atoms. The van der Waals surface area contributed by atoms with Gasteiger partial charge in [-0.2, -0.15) is 0 Å². The van der Waals surface area contributed by atoms with Crippen molar-refractivity contribution in [2.75, 3.05) is 0 Å². The standard InChI is InChI=1S/C12H9BBrFO3/c14-8-4-6-9(7-5-8)18-11-3-1-2-10(12(11)15)13(16)17/h1-7,16-17H. The lowest BCUT2D eigenvalue weighted by molar-refractivity contribution is 0.416. The molecule has 0 aliphatic heterocycles. The van der Waals surface area contributed by atoms with Gasteiger partial charge in [-0.25, -0.2) is 4.39 Å². The largest absolute Gasteiger partial charge is 0.491 e. The molecule has 6 heteroatoms. The summed E-state index contributed by atoms with van der Waals surface area (Å²) in [5, 5.41) is 18.0. The molecule has 0 heterocycles. The van der Waals surface area contributed by atoms with Crippen molar-refractivity contribution < 1.29 is 19.2 Å². The van der Waals surface area contributed by atoms with E-state index in [1.54, 1.807) is 24.3 Å². The monoisotopic (exact) mass is 310 g/mol. The van der Waals surface area contributed by atoms with Gasteiger partial charge in [-0.05, 0) is 30.3 Å². The van der Waals surface area contributed by atoms with Crippen LogP contribution in [0.5, 0.6) is 11.5 Å². The second-order valence-corrected chi connectivity index (χ2v) is 4.50.